The molecule has 0 atom stereocenters. The van der Waals surface area contributed by atoms with Crippen molar-refractivity contribution in [2.75, 3.05) is 0 Å². The summed E-state index contributed by atoms with van der Waals surface area (Å²) >= 11 is 0. The molecule has 0 aliphatic heterocycles. The molecule has 0 amide bonds. The van der Waals surface area contributed by atoms with Crippen molar-refractivity contribution in [3.05, 3.63) is 53.3 Å². The Balaban J connectivity index is 2.56. The number of aromatic amines is 1. The van der Waals surface area contributed by atoms with E-state index >= 15 is 0 Å². The molecule has 106 valence electrons. The number of aliphatic imine (C=N–C) groups is 1. The molecule has 1 aromatic heterocycles. The van der Waals surface area contributed by atoms with Crippen LogP contribution in [-0.2, 0) is 0 Å². The van der Waals surface area contributed by atoms with E-state index in [0.717, 1.165) is 11.4 Å². The number of rotatable bonds is 4. The van der Waals surface area contributed by atoms with Crippen molar-refractivity contribution in [3.63, 3.8) is 0 Å². The first-order valence-electron chi connectivity index (χ1n) is 7.11. The summed E-state index contributed by atoms with van der Waals surface area (Å²) in [6, 6.07) is 10.2. The van der Waals surface area contributed by atoms with Crippen LogP contribution in [0.1, 0.15) is 56.4 Å². The van der Waals surface area contributed by atoms with Gasteiger partial charge in [-0.2, -0.15) is 0 Å². The van der Waals surface area contributed by atoms with E-state index in [0.29, 0.717) is 17.7 Å². The summed E-state index contributed by atoms with van der Waals surface area (Å²) < 4.78 is 0. The zero-order valence-electron chi connectivity index (χ0n) is 12.6. The maximum Gasteiger partial charge on any atom is 0.147 e. The van der Waals surface area contributed by atoms with Gasteiger partial charge in [0.1, 0.15) is 5.84 Å². The van der Waals surface area contributed by atoms with Gasteiger partial charge in [0.15, 0.2) is 0 Å². The highest BCUT2D eigenvalue weighted by atomic mass is 14.9. The third-order valence-electron chi connectivity index (χ3n) is 3.45. The van der Waals surface area contributed by atoms with Gasteiger partial charge >= 0.3 is 0 Å². The quantitative estimate of drug-likeness (QED) is 0.631. The first-order chi connectivity index (χ1) is 9.50. The fourth-order valence-corrected chi connectivity index (χ4v) is 2.31. The number of nitrogens with two attached hydrogens (primary N) is 1. The molecule has 3 nitrogen and oxygen atoms in total. The average molecular weight is 269 g/mol. The molecule has 0 radical (unpaired) electrons. The van der Waals surface area contributed by atoms with Gasteiger partial charge in [-0.25, -0.2) is 4.99 Å². The predicted molar refractivity (Wildman–Crippen MR) is 85.8 cm³/mol. The van der Waals surface area contributed by atoms with E-state index < -0.39 is 0 Å². The molecule has 2 rings (SSSR count). The lowest BCUT2D eigenvalue weighted by atomic mass is 9.93. The smallest absolute Gasteiger partial charge is 0.147 e. The van der Waals surface area contributed by atoms with Crippen LogP contribution in [0.3, 0.4) is 0 Å². The van der Waals surface area contributed by atoms with Gasteiger partial charge in [0.2, 0.25) is 0 Å². The van der Waals surface area contributed by atoms with Gasteiger partial charge in [-0.1, -0.05) is 45.9 Å². The van der Waals surface area contributed by atoms with E-state index in [1.54, 1.807) is 0 Å². The zero-order chi connectivity index (χ0) is 14.7. The van der Waals surface area contributed by atoms with Crippen LogP contribution >= 0.6 is 0 Å². The lowest BCUT2D eigenvalue weighted by molar-refractivity contribution is 0.834. The van der Waals surface area contributed by atoms with E-state index in [2.05, 4.69) is 50.9 Å². The van der Waals surface area contributed by atoms with Crippen molar-refractivity contribution in [2.24, 2.45) is 10.7 Å². The molecule has 0 bridgehead atoms. The van der Waals surface area contributed by atoms with Crippen molar-refractivity contribution < 1.29 is 0 Å². The highest BCUT2D eigenvalue weighted by Crippen LogP contribution is 2.34. The van der Waals surface area contributed by atoms with Crippen LogP contribution in [-0.4, -0.2) is 10.8 Å². The SMILES string of the molecule is CC(C)c1cccc(C(C)C)c1N=C(N)c1ccc[nH]1. The number of H-pyrrole nitrogens is 1. The maximum absolute atomic E-state index is 6.13. The lowest BCUT2D eigenvalue weighted by Gasteiger charge is -2.16. The molecule has 0 spiro atoms. The van der Waals surface area contributed by atoms with Gasteiger partial charge in [-0.3, -0.25) is 0 Å². The van der Waals surface area contributed by atoms with Gasteiger partial charge in [0.25, 0.3) is 0 Å². The number of hydrogen-bond acceptors (Lipinski definition) is 1. The molecule has 1 heterocycles. The minimum Gasteiger partial charge on any atom is -0.382 e. The van der Waals surface area contributed by atoms with Crippen molar-refractivity contribution in [1.29, 1.82) is 0 Å². The molecule has 0 aliphatic rings. The summed E-state index contributed by atoms with van der Waals surface area (Å²) in [5, 5.41) is 0. The van der Waals surface area contributed by atoms with Crippen LogP contribution in [0.4, 0.5) is 5.69 Å². The Hall–Kier alpha value is -2.03. The molecule has 1 aromatic carbocycles. The van der Waals surface area contributed by atoms with Crippen LogP contribution in [0.15, 0.2) is 41.5 Å². The Morgan fingerprint density at radius 2 is 1.60 bits per heavy atom. The zero-order valence-corrected chi connectivity index (χ0v) is 12.6. The van der Waals surface area contributed by atoms with Crippen molar-refractivity contribution >= 4 is 11.5 Å². The number of para-hydroxylation sites is 1. The van der Waals surface area contributed by atoms with E-state index in [1.807, 2.05) is 18.3 Å². The first kappa shape index (κ1) is 14.4. The Kier molecular flexibility index (Phi) is 4.28. The molecule has 0 unspecified atom stereocenters. The third kappa shape index (κ3) is 2.93. The fraction of sp³-hybridized carbons (Fsp3) is 0.353. The normalized spacial score (nSPS) is 12.4. The summed E-state index contributed by atoms with van der Waals surface area (Å²) in [4.78, 5) is 7.81. The molecule has 0 fully saturated rings. The second kappa shape index (κ2) is 5.95. The molecule has 0 saturated heterocycles. The van der Waals surface area contributed by atoms with Gasteiger partial charge in [0, 0.05) is 6.20 Å². The summed E-state index contributed by atoms with van der Waals surface area (Å²) in [5.74, 6) is 1.37. The second-order valence-electron chi connectivity index (χ2n) is 5.68. The van der Waals surface area contributed by atoms with E-state index in [4.69, 9.17) is 10.7 Å². The van der Waals surface area contributed by atoms with Crippen LogP contribution in [0, 0.1) is 0 Å². The summed E-state index contributed by atoms with van der Waals surface area (Å²) in [5.41, 5.74) is 10.5. The van der Waals surface area contributed by atoms with Crippen molar-refractivity contribution in [1.82, 2.24) is 4.98 Å². The van der Waals surface area contributed by atoms with Crippen LogP contribution in [0.2, 0.25) is 0 Å². The summed E-state index contributed by atoms with van der Waals surface area (Å²) in [6.07, 6.45) is 1.86. The standard InChI is InChI=1S/C17H23N3/c1-11(2)13-7-5-8-14(12(3)4)16(13)20-17(18)15-9-6-10-19-15/h5-12,19H,1-4H3,(H2,18,20). The Morgan fingerprint density at radius 1 is 1.00 bits per heavy atom. The number of aromatic nitrogens is 1. The number of hydrogen-bond donors (Lipinski definition) is 2. The van der Waals surface area contributed by atoms with Crippen LogP contribution < -0.4 is 5.73 Å². The van der Waals surface area contributed by atoms with Gasteiger partial charge in [-0.15, -0.1) is 0 Å². The van der Waals surface area contributed by atoms with E-state index in [9.17, 15) is 0 Å². The summed E-state index contributed by atoms with van der Waals surface area (Å²) in [7, 11) is 0. The number of amidine groups is 1. The van der Waals surface area contributed by atoms with Gasteiger partial charge in [-0.05, 0) is 35.1 Å². The minimum absolute atomic E-state index is 0.420. The monoisotopic (exact) mass is 269 g/mol. The highest BCUT2D eigenvalue weighted by Gasteiger charge is 2.14. The van der Waals surface area contributed by atoms with Gasteiger partial charge < -0.3 is 10.7 Å². The molecule has 3 heteroatoms. The van der Waals surface area contributed by atoms with E-state index in [1.165, 1.54) is 11.1 Å². The summed E-state index contributed by atoms with van der Waals surface area (Å²) in [6.45, 7) is 8.74. The topological polar surface area (TPSA) is 54.2 Å². The fourth-order valence-electron chi connectivity index (χ4n) is 2.31. The first-order valence-corrected chi connectivity index (χ1v) is 7.11. The molecule has 0 aliphatic carbocycles. The molecule has 3 N–H and O–H groups in total. The Bertz CT molecular complexity index is 566. The Morgan fingerprint density at radius 3 is 2.05 bits per heavy atom. The maximum atomic E-state index is 6.13. The lowest BCUT2D eigenvalue weighted by Crippen LogP contribution is -2.13. The molecule has 0 saturated carbocycles. The van der Waals surface area contributed by atoms with Crippen LogP contribution in [0.5, 0.6) is 0 Å². The van der Waals surface area contributed by atoms with Crippen molar-refractivity contribution in [3.8, 4) is 0 Å². The second-order valence-corrected chi connectivity index (χ2v) is 5.68. The molecule has 20 heavy (non-hydrogen) atoms. The molecule has 2 aromatic rings. The predicted octanol–water partition coefficient (Wildman–Crippen LogP) is 4.30. The molecular formula is C17H23N3. The van der Waals surface area contributed by atoms with Gasteiger partial charge in [0.05, 0.1) is 11.4 Å². The highest BCUT2D eigenvalue weighted by molar-refractivity contribution is 5.97. The third-order valence-corrected chi connectivity index (χ3v) is 3.45. The average Bonchev–Trinajstić information content (AvgIpc) is 2.92. The largest absolute Gasteiger partial charge is 0.382 e. The number of benzene rings is 1. The van der Waals surface area contributed by atoms with Crippen LogP contribution in [0.25, 0.3) is 0 Å². The van der Waals surface area contributed by atoms with Crippen molar-refractivity contribution in [2.45, 2.75) is 39.5 Å². The number of nitrogens with zero attached hydrogens (tertiary/aromatic N) is 1. The molecular weight excluding hydrogens is 246 g/mol. The van der Waals surface area contributed by atoms with E-state index in [-0.39, 0.29) is 0 Å². The minimum atomic E-state index is 0.420. The Labute approximate surface area is 120 Å². The number of nitrogens with one attached hydrogen (secondary N) is 1.